The molecule has 0 amide bonds. The van der Waals surface area contributed by atoms with Gasteiger partial charge in [0, 0.05) is 38.6 Å². The molecule has 4 nitrogen and oxygen atoms in total. The first kappa shape index (κ1) is 14.0. The van der Waals surface area contributed by atoms with E-state index < -0.39 is 0 Å². The van der Waals surface area contributed by atoms with E-state index in [1.807, 2.05) is 19.5 Å². The molecule has 2 aliphatic rings. The van der Waals surface area contributed by atoms with Crippen LogP contribution in [0.2, 0.25) is 0 Å². The highest BCUT2D eigenvalue weighted by Gasteiger charge is 2.44. The largest absolute Gasteiger partial charge is 0.383 e. The number of hydrogen-bond donors (Lipinski definition) is 1. The molecule has 1 spiro atoms. The minimum atomic E-state index is 0.515. The van der Waals surface area contributed by atoms with Crippen LogP contribution in [0.15, 0.2) is 24.5 Å². The second-order valence-electron chi connectivity index (χ2n) is 6.32. The van der Waals surface area contributed by atoms with Crippen LogP contribution in [0.5, 0.6) is 0 Å². The molecule has 110 valence electrons. The Kier molecular flexibility index (Phi) is 4.34. The Hall–Kier alpha value is -0.970. The summed E-state index contributed by atoms with van der Waals surface area (Å²) in [7, 11) is 1.82. The fourth-order valence-electron chi connectivity index (χ4n) is 3.84. The molecular weight excluding hydrogens is 250 g/mol. The number of ether oxygens (including phenoxy) is 1. The van der Waals surface area contributed by atoms with Crippen molar-refractivity contribution >= 4 is 0 Å². The zero-order chi connectivity index (χ0) is 13.8. The number of methoxy groups -OCH3 is 1. The van der Waals surface area contributed by atoms with E-state index >= 15 is 0 Å². The highest BCUT2D eigenvalue weighted by atomic mass is 16.5. The lowest BCUT2D eigenvalue weighted by molar-refractivity contribution is 0.111. The molecule has 0 aromatic carbocycles. The van der Waals surface area contributed by atoms with Crippen molar-refractivity contribution in [1.82, 2.24) is 15.2 Å². The molecule has 0 aliphatic carbocycles. The summed E-state index contributed by atoms with van der Waals surface area (Å²) in [6, 6.07) is 4.81. The van der Waals surface area contributed by atoms with E-state index in [9.17, 15) is 0 Å². The quantitative estimate of drug-likeness (QED) is 0.907. The second kappa shape index (κ2) is 6.20. The van der Waals surface area contributed by atoms with E-state index in [-0.39, 0.29) is 0 Å². The van der Waals surface area contributed by atoms with Crippen LogP contribution in [0.4, 0.5) is 0 Å². The summed E-state index contributed by atoms with van der Waals surface area (Å²) in [5.74, 6) is 0. The summed E-state index contributed by atoms with van der Waals surface area (Å²) in [5.41, 5.74) is 1.87. The number of hydrogen-bond acceptors (Lipinski definition) is 4. The monoisotopic (exact) mass is 275 g/mol. The predicted octanol–water partition coefficient (Wildman–Crippen LogP) is 1.67. The van der Waals surface area contributed by atoms with Crippen molar-refractivity contribution in [2.45, 2.75) is 31.8 Å². The number of piperidine rings is 1. The Morgan fingerprint density at radius 2 is 2.10 bits per heavy atom. The summed E-state index contributed by atoms with van der Waals surface area (Å²) < 4.78 is 5.46. The third-order valence-corrected chi connectivity index (χ3v) is 4.88. The topological polar surface area (TPSA) is 37.4 Å². The van der Waals surface area contributed by atoms with Gasteiger partial charge in [0.05, 0.1) is 6.61 Å². The molecule has 1 aromatic rings. The van der Waals surface area contributed by atoms with Gasteiger partial charge in [-0.05, 0) is 55.5 Å². The van der Waals surface area contributed by atoms with Crippen molar-refractivity contribution in [3.8, 4) is 0 Å². The van der Waals surface area contributed by atoms with Crippen LogP contribution in [0.25, 0.3) is 0 Å². The van der Waals surface area contributed by atoms with Gasteiger partial charge in [0.2, 0.25) is 0 Å². The van der Waals surface area contributed by atoms with E-state index in [1.165, 1.54) is 44.5 Å². The Balaban J connectivity index is 1.70. The van der Waals surface area contributed by atoms with E-state index in [0.717, 1.165) is 13.2 Å². The average molecular weight is 275 g/mol. The number of nitrogens with one attached hydrogen (secondary N) is 1. The first-order chi connectivity index (χ1) is 9.81. The first-order valence-corrected chi connectivity index (χ1v) is 7.64. The number of likely N-dealkylation sites (tertiary alicyclic amines) is 1. The molecule has 1 unspecified atom stereocenters. The maximum absolute atomic E-state index is 5.46. The van der Waals surface area contributed by atoms with Gasteiger partial charge in [-0.3, -0.25) is 9.88 Å². The minimum Gasteiger partial charge on any atom is -0.383 e. The van der Waals surface area contributed by atoms with Crippen LogP contribution in [0, 0.1) is 5.41 Å². The Labute approximate surface area is 121 Å². The van der Waals surface area contributed by atoms with Crippen molar-refractivity contribution in [2.75, 3.05) is 33.4 Å². The van der Waals surface area contributed by atoms with Gasteiger partial charge in [0.1, 0.15) is 0 Å². The number of rotatable bonds is 4. The summed E-state index contributed by atoms with van der Waals surface area (Å²) in [6.07, 6.45) is 7.67. The number of pyridine rings is 1. The van der Waals surface area contributed by atoms with Crippen LogP contribution in [0.1, 0.15) is 24.8 Å². The third kappa shape index (κ3) is 3.03. The fourth-order valence-corrected chi connectivity index (χ4v) is 3.84. The molecule has 2 aliphatic heterocycles. The highest BCUT2D eigenvalue weighted by molar-refractivity contribution is 5.11. The van der Waals surface area contributed by atoms with E-state index in [4.69, 9.17) is 4.74 Å². The van der Waals surface area contributed by atoms with Crippen LogP contribution >= 0.6 is 0 Å². The van der Waals surface area contributed by atoms with Crippen molar-refractivity contribution in [3.05, 3.63) is 30.1 Å². The lowest BCUT2D eigenvalue weighted by Gasteiger charge is -2.33. The molecule has 4 heteroatoms. The average Bonchev–Trinajstić information content (AvgIpc) is 2.78. The summed E-state index contributed by atoms with van der Waals surface area (Å²) >= 11 is 0. The third-order valence-electron chi connectivity index (χ3n) is 4.88. The fraction of sp³-hybridized carbons (Fsp3) is 0.688. The summed E-state index contributed by atoms with van der Waals surface area (Å²) in [6.45, 7) is 5.42. The second-order valence-corrected chi connectivity index (χ2v) is 6.32. The molecule has 0 saturated carbocycles. The van der Waals surface area contributed by atoms with Gasteiger partial charge in [-0.2, -0.15) is 0 Å². The molecule has 2 saturated heterocycles. The lowest BCUT2D eigenvalue weighted by atomic mass is 9.77. The SMILES string of the molecule is COCC1CC2(CCNCC2)CN1Cc1ccncc1. The van der Waals surface area contributed by atoms with Gasteiger partial charge in [-0.1, -0.05) is 0 Å². The molecule has 20 heavy (non-hydrogen) atoms. The number of nitrogens with zero attached hydrogens (tertiary/aromatic N) is 2. The molecule has 1 atom stereocenters. The molecule has 0 bridgehead atoms. The smallest absolute Gasteiger partial charge is 0.0618 e. The van der Waals surface area contributed by atoms with E-state index in [0.29, 0.717) is 11.5 Å². The Morgan fingerprint density at radius 3 is 2.80 bits per heavy atom. The maximum atomic E-state index is 5.46. The van der Waals surface area contributed by atoms with Gasteiger partial charge in [-0.15, -0.1) is 0 Å². The standard InChI is InChI=1S/C16H25N3O/c1-20-12-15-10-16(4-8-18-9-5-16)13-19(15)11-14-2-6-17-7-3-14/h2-3,6-7,15,18H,4-5,8-13H2,1H3. The van der Waals surface area contributed by atoms with Crippen molar-refractivity contribution in [1.29, 1.82) is 0 Å². The van der Waals surface area contributed by atoms with Gasteiger partial charge in [0.15, 0.2) is 0 Å². The van der Waals surface area contributed by atoms with Gasteiger partial charge < -0.3 is 10.1 Å². The molecule has 3 rings (SSSR count). The Bertz CT molecular complexity index is 417. The number of aromatic nitrogens is 1. The normalized spacial score (nSPS) is 26.1. The van der Waals surface area contributed by atoms with Crippen LogP contribution < -0.4 is 5.32 Å². The van der Waals surface area contributed by atoms with Gasteiger partial charge in [0.25, 0.3) is 0 Å². The summed E-state index contributed by atoms with van der Waals surface area (Å²) in [4.78, 5) is 6.72. The maximum Gasteiger partial charge on any atom is 0.0618 e. The highest BCUT2D eigenvalue weighted by Crippen LogP contribution is 2.42. The molecule has 0 radical (unpaired) electrons. The van der Waals surface area contributed by atoms with E-state index in [2.05, 4.69) is 27.3 Å². The predicted molar refractivity (Wildman–Crippen MR) is 79.5 cm³/mol. The van der Waals surface area contributed by atoms with Crippen molar-refractivity contribution in [2.24, 2.45) is 5.41 Å². The van der Waals surface area contributed by atoms with Crippen molar-refractivity contribution < 1.29 is 4.74 Å². The summed E-state index contributed by atoms with van der Waals surface area (Å²) in [5, 5.41) is 3.49. The van der Waals surface area contributed by atoms with Gasteiger partial charge >= 0.3 is 0 Å². The van der Waals surface area contributed by atoms with Crippen LogP contribution in [-0.2, 0) is 11.3 Å². The van der Waals surface area contributed by atoms with Gasteiger partial charge in [-0.25, -0.2) is 0 Å². The van der Waals surface area contributed by atoms with Crippen LogP contribution in [0.3, 0.4) is 0 Å². The molecule has 1 N–H and O–H groups in total. The lowest BCUT2D eigenvalue weighted by Crippen LogP contribution is -2.38. The molecule has 2 fully saturated rings. The first-order valence-electron chi connectivity index (χ1n) is 7.64. The van der Waals surface area contributed by atoms with Crippen molar-refractivity contribution in [3.63, 3.8) is 0 Å². The van der Waals surface area contributed by atoms with E-state index in [1.54, 1.807) is 0 Å². The molecular formula is C16H25N3O. The molecule has 3 heterocycles. The zero-order valence-electron chi connectivity index (χ0n) is 12.3. The minimum absolute atomic E-state index is 0.515. The van der Waals surface area contributed by atoms with Crippen LogP contribution in [-0.4, -0.2) is 49.3 Å². The zero-order valence-corrected chi connectivity index (χ0v) is 12.3. The Morgan fingerprint density at radius 1 is 1.35 bits per heavy atom. The molecule has 1 aromatic heterocycles.